The van der Waals surface area contributed by atoms with Crippen LogP contribution in [0.25, 0.3) is 0 Å². The van der Waals surface area contributed by atoms with Crippen LogP contribution >= 0.6 is 12.4 Å². The van der Waals surface area contributed by atoms with Crippen LogP contribution in [0.15, 0.2) is 29.2 Å². The molecule has 0 aromatic heterocycles. The van der Waals surface area contributed by atoms with Gasteiger partial charge >= 0.3 is 0 Å². The summed E-state index contributed by atoms with van der Waals surface area (Å²) in [5, 5.41) is 0. The molecule has 0 amide bonds. The van der Waals surface area contributed by atoms with Crippen LogP contribution in [0.2, 0.25) is 0 Å². The van der Waals surface area contributed by atoms with E-state index >= 15 is 0 Å². The van der Waals surface area contributed by atoms with Crippen LogP contribution in [-0.4, -0.2) is 20.5 Å². The Labute approximate surface area is 128 Å². The molecule has 0 aliphatic rings. The third-order valence-corrected chi connectivity index (χ3v) is 4.67. The highest BCUT2D eigenvalue weighted by molar-refractivity contribution is 7.89. The van der Waals surface area contributed by atoms with E-state index in [0.29, 0.717) is 0 Å². The van der Waals surface area contributed by atoms with Crippen LogP contribution < -0.4 is 10.5 Å². The summed E-state index contributed by atoms with van der Waals surface area (Å²) in [5.74, 6) is 0. The van der Waals surface area contributed by atoms with Crippen molar-refractivity contribution >= 4 is 22.4 Å². The lowest BCUT2D eigenvalue weighted by atomic mass is 9.87. The highest BCUT2D eigenvalue weighted by atomic mass is 35.5. The number of nitrogens with two attached hydrogens (primary N) is 1. The first-order valence-corrected chi connectivity index (χ1v) is 7.81. The van der Waals surface area contributed by atoms with Gasteiger partial charge in [0.25, 0.3) is 0 Å². The van der Waals surface area contributed by atoms with Crippen LogP contribution in [0, 0.1) is 0 Å². The molecular weight excluding hydrogens is 296 g/mol. The molecule has 0 atom stereocenters. The van der Waals surface area contributed by atoms with Gasteiger partial charge in [-0.2, -0.15) is 0 Å². The van der Waals surface area contributed by atoms with Gasteiger partial charge in [-0.3, -0.25) is 0 Å². The Hall–Kier alpha value is -0.620. The number of rotatable bonds is 4. The van der Waals surface area contributed by atoms with Gasteiger partial charge in [0.05, 0.1) is 4.90 Å². The molecule has 1 aromatic carbocycles. The number of nitrogens with one attached hydrogen (secondary N) is 1. The Balaban J connectivity index is 0.00000361. The Morgan fingerprint density at radius 1 is 1.05 bits per heavy atom. The van der Waals surface area contributed by atoms with Crippen molar-refractivity contribution in [2.24, 2.45) is 5.73 Å². The number of benzene rings is 1. The predicted molar refractivity (Wildman–Crippen MR) is 85.8 cm³/mol. The summed E-state index contributed by atoms with van der Waals surface area (Å²) < 4.78 is 27.0. The molecule has 1 aromatic rings. The third kappa shape index (κ3) is 5.05. The second-order valence-electron chi connectivity index (χ2n) is 6.47. The van der Waals surface area contributed by atoms with E-state index in [1.54, 1.807) is 26.0 Å². The van der Waals surface area contributed by atoms with E-state index in [1.807, 2.05) is 12.1 Å². The van der Waals surface area contributed by atoms with Gasteiger partial charge in [-0.1, -0.05) is 32.9 Å². The van der Waals surface area contributed by atoms with E-state index in [-0.39, 0.29) is 29.3 Å². The zero-order valence-corrected chi connectivity index (χ0v) is 14.4. The van der Waals surface area contributed by atoms with Gasteiger partial charge in [-0.15, -0.1) is 12.4 Å². The molecule has 20 heavy (non-hydrogen) atoms. The molecule has 0 aliphatic carbocycles. The zero-order valence-electron chi connectivity index (χ0n) is 12.7. The largest absolute Gasteiger partial charge is 0.329 e. The summed E-state index contributed by atoms with van der Waals surface area (Å²) in [5.41, 5.74) is 6.00. The average molecular weight is 321 g/mol. The molecule has 0 unspecified atom stereocenters. The first-order chi connectivity index (χ1) is 8.48. The lowest BCUT2D eigenvalue weighted by Gasteiger charge is -2.24. The lowest BCUT2D eigenvalue weighted by molar-refractivity contribution is 0.462. The van der Waals surface area contributed by atoms with Crippen molar-refractivity contribution in [2.45, 2.75) is 50.5 Å². The van der Waals surface area contributed by atoms with Crippen LogP contribution in [0.5, 0.6) is 0 Å². The molecule has 3 N–H and O–H groups in total. The highest BCUT2D eigenvalue weighted by Gasteiger charge is 2.25. The normalized spacial score (nSPS) is 12.9. The van der Waals surface area contributed by atoms with Gasteiger partial charge in [0, 0.05) is 12.1 Å². The summed E-state index contributed by atoms with van der Waals surface area (Å²) in [6, 6.07) is 6.97. The molecule has 6 heteroatoms. The van der Waals surface area contributed by atoms with Crippen molar-refractivity contribution < 1.29 is 8.42 Å². The van der Waals surface area contributed by atoms with E-state index in [4.69, 9.17) is 5.73 Å². The number of hydrogen-bond donors (Lipinski definition) is 2. The molecule has 0 saturated heterocycles. The first-order valence-electron chi connectivity index (χ1n) is 6.32. The van der Waals surface area contributed by atoms with Crippen LogP contribution in [-0.2, 0) is 15.4 Å². The molecule has 1 rings (SSSR count). The molecule has 0 bridgehead atoms. The van der Waals surface area contributed by atoms with Gasteiger partial charge in [0.2, 0.25) is 10.0 Å². The first kappa shape index (κ1) is 19.4. The lowest BCUT2D eigenvalue weighted by Crippen LogP contribution is -2.48. The minimum atomic E-state index is -3.52. The Morgan fingerprint density at radius 3 is 1.85 bits per heavy atom. The molecular formula is C14H25ClN2O2S. The molecule has 0 fully saturated rings. The maximum Gasteiger partial charge on any atom is 0.241 e. The summed E-state index contributed by atoms with van der Waals surface area (Å²) in [7, 11) is -3.52. The Bertz CT molecular complexity index is 531. The monoisotopic (exact) mass is 320 g/mol. The van der Waals surface area contributed by atoms with Gasteiger partial charge < -0.3 is 5.73 Å². The van der Waals surface area contributed by atoms with E-state index in [1.165, 1.54) is 0 Å². The Kier molecular flexibility index (Phi) is 6.23. The SMILES string of the molecule is CC(C)(CN)NS(=O)(=O)c1ccc(C(C)(C)C)cc1.Cl. The average Bonchev–Trinajstić information content (AvgIpc) is 2.27. The van der Waals surface area contributed by atoms with Gasteiger partial charge in [-0.05, 0) is 37.0 Å². The van der Waals surface area contributed by atoms with E-state index in [9.17, 15) is 8.42 Å². The van der Waals surface area contributed by atoms with Crippen molar-refractivity contribution in [3.8, 4) is 0 Å². The molecule has 0 radical (unpaired) electrons. The van der Waals surface area contributed by atoms with Crippen LogP contribution in [0.3, 0.4) is 0 Å². The fraction of sp³-hybridized carbons (Fsp3) is 0.571. The topological polar surface area (TPSA) is 72.2 Å². The number of hydrogen-bond acceptors (Lipinski definition) is 3. The minimum Gasteiger partial charge on any atom is -0.329 e. The third-order valence-electron chi connectivity index (χ3n) is 2.95. The number of halogens is 1. The van der Waals surface area contributed by atoms with E-state index < -0.39 is 15.6 Å². The van der Waals surface area contributed by atoms with Gasteiger partial charge in [0.15, 0.2) is 0 Å². The van der Waals surface area contributed by atoms with E-state index in [0.717, 1.165) is 5.56 Å². The van der Waals surface area contributed by atoms with Crippen LogP contribution in [0.4, 0.5) is 0 Å². The van der Waals surface area contributed by atoms with Crippen molar-refractivity contribution in [1.29, 1.82) is 0 Å². The van der Waals surface area contributed by atoms with E-state index in [2.05, 4.69) is 25.5 Å². The van der Waals surface area contributed by atoms with Gasteiger partial charge in [-0.25, -0.2) is 13.1 Å². The number of sulfonamides is 1. The van der Waals surface area contributed by atoms with Crippen molar-refractivity contribution in [1.82, 2.24) is 4.72 Å². The Morgan fingerprint density at radius 2 is 1.50 bits per heavy atom. The van der Waals surface area contributed by atoms with Crippen LogP contribution in [0.1, 0.15) is 40.2 Å². The second-order valence-corrected chi connectivity index (χ2v) is 8.15. The molecule has 0 spiro atoms. The molecule has 0 saturated carbocycles. The van der Waals surface area contributed by atoms with Gasteiger partial charge in [0.1, 0.15) is 0 Å². The highest BCUT2D eigenvalue weighted by Crippen LogP contribution is 2.23. The second kappa shape index (κ2) is 6.43. The van der Waals surface area contributed by atoms with Crippen molar-refractivity contribution in [3.63, 3.8) is 0 Å². The van der Waals surface area contributed by atoms with Crippen molar-refractivity contribution in [2.75, 3.05) is 6.54 Å². The fourth-order valence-corrected chi connectivity index (χ4v) is 3.02. The van der Waals surface area contributed by atoms with Crippen molar-refractivity contribution in [3.05, 3.63) is 29.8 Å². The standard InChI is InChI=1S/C14H24N2O2S.ClH/c1-13(2,3)11-6-8-12(9-7-11)19(17,18)16-14(4,5)10-15;/h6-9,16H,10,15H2,1-5H3;1H. The zero-order chi connectivity index (χ0) is 14.9. The summed E-state index contributed by atoms with van der Waals surface area (Å²) in [6.45, 7) is 10.0. The predicted octanol–water partition coefficient (Wildman–Crippen LogP) is 2.42. The summed E-state index contributed by atoms with van der Waals surface area (Å²) in [6.07, 6.45) is 0. The summed E-state index contributed by atoms with van der Waals surface area (Å²) >= 11 is 0. The smallest absolute Gasteiger partial charge is 0.241 e. The summed E-state index contributed by atoms with van der Waals surface area (Å²) in [4.78, 5) is 0.266. The maximum atomic E-state index is 12.2. The molecule has 4 nitrogen and oxygen atoms in total. The minimum absolute atomic E-state index is 0. The molecule has 0 aliphatic heterocycles. The molecule has 116 valence electrons. The molecule has 0 heterocycles. The maximum absolute atomic E-state index is 12.2. The quantitative estimate of drug-likeness (QED) is 0.895. The fourth-order valence-electron chi connectivity index (χ4n) is 1.60.